The monoisotopic (exact) mass is 566 g/mol. The largest absolute Gasteiger partial charge is 0.465 e. The van der Waals surface area contributed by atoms with Crippen LogP contribution in [0.2, 0.25) is 0 Å². The molecule has 1 aromatic carbocycles. The minimum atomic E-state index is -1.20. The van der Waals surface area contributed by atoms with Crippen molar-refractivity contribution in [2.24, 2.45) is 17.8 Å². The lowest BCUT2D eigenvalue weighted by atomic mass is 9.65. The number of aliphatic hydroxyl groups excluding tert-OH is 1. The zero-order valence-corrected chi connectivity index (χ0v) is 25.2. The third kappa shape index (κ3) is 5.03. The van der Waals surface area contributed by atoms with Crippen molar-refractivity contribution in [3.8, 4) is 0 Å². The fourth-order valence-electron chi connectivity index (χ4n) is 7.36. The summed E-state index contributed by atoms with van der Waals surface area (Å²) in [7, 11) is 0. The molecule has 1 aromatic rings. The summed E-state index contributed by atoms with van der Waals surface area (Å²) in [5, 5.41) is 10.5. The highest BCUT2D eigenvalue weighted by Crippen LogP contribution is 2.65. The number of unbranched alkanes of at least 4 members (excludes halogenated alkanes) is 1. The van der Waals surface area contributed by atoms with Crippen molar-refractivity contribution in [2.75, 3.05) is 24.7 Å². The van der Waals surface area contributed by atoms with Crippen molar-refractivity contribution in [3.05, 3.63) is 54.6 Å². The van der Waals surface area contributed by atoms with E-state index in [9.17, 15) is 19.5 Å². The maximum atomic E-state index is 14.8. The molecule has 2 amide bonds. The van der Waals surface area contributed by atoms with Gasteiger partial charge in [0.2, 0.25) is 5.91 Å². The van der Waals surface area contributed by atoms with Gasteiger partial charge in [-0.25, -0.2) is 0 Å². The van der Waals surface area contributed by atoms with E-state index in [1.165, 1.54) is 0 Å². The van der Waals surface area contributed by atoms with Gasteiger partial charge in [-0.05, 0) is 69.1 Å². The molecule has 41 heavy (non-hydrogen) atoms. The summed E-state index contributed by atoms with van der Waals surface area (Å²) >= 11 is 0. The van der Waals surface area contributed by atoms with Crippen LogP contribution in [0.1, 0.15) is 64.0 Å². The number of nitrogens with zero attached hydrogens (tertiary/aromatic N) is 2. The van der Waals surface area contributed by atoms with Gasteiger partial charge in [0.05, 0.1) is 30.8 Å². The lowest BCUT2D eigenvalue weighted by molar-refractivity contribution is -0.162. The Balaban J connectivity index is 1.84. The molecule has 3 aliphatic rings. The Labute approximate surface area is 244 Å². The van der Waals surface area contributed by atoms with E-state index in [0.29, 0.717) is 32.1 Å². The molecule has 224 valence electrons. The van der Waals surface area contributed by atoms with Crippen molar-refractivity contribution >= 4 is 23.5 Å². The molecule has 3 heterocycles. The van der Waals surface area contributed by atoms with Crippen molar-refractivity contribution < 1.29 is 29.0 Å². The van der Waals surface area contributed by atoms with Crippen molar-refractivity contribution in [3.63, 3.8) is 0 Å². The van der Waals surface area contributed by atoms with Crippen LogP contribution < -0.4 is 4.90 Å². The van der Waals surface area contributed by atoms with Gasteiger partial charge in [-0.2, -0.15) is 0 Å². The van der Waals surface area contributed by atoms with Crippen molar-refractivity contribution in [1.29, 1.82) is 0 Å². The fourth-order valence-corrected chi connectivity index (χ4v) is 7.36. The second-order valence-corrected chi connectivity index (χ2v) is 12.2. The van der Waals surface area contributed by atoms with Crippen molar-refractivity contribution in [2.45, 2.75) is 90.0 Å². The van der Waals surface area contributed by atoms with Gasteiger partial charge in [-0.15, -0.1) is 13.2 Å². The zero-order chi connectivity index (χ0) is 30.1. The Morgan fingerprint density at radius 1 is 1.24 bits per heavy atom. The van der Waals surface area contributed by atoms with E-state index in [0.717, 1.165) is 16.8 Å². The number of carbonyl (C=O) groups excluding carboxylic acids is 3. The SMILES string of the molecule is C=CCCCOC(=O)[C@@H]1[C@H]2C(=O)N([C@@H](CO)C(C)C)C(C(=O)N(CC=C)c3cc(C)ccc3C)C23CC[C@@]1(CC)O3. The van der Waals surface area contributed by atoms with Gasteiger partial charge in [-0.1, -0.05) is 45.1 Å². The third-order valence-electron chi connectivity index (χ3n) is 9.45. The summed E-state index contributed by atoms with van der Waals surface area (Å²) in [6, 6.07) is 4.30. The second kappa shape index (κ2) is 12.1. The van der Waals surface area contributed by atoms with Crippen molar-refractivity contribution in [1.82, 2.24) is 4.90 Å². The molecular formula is C33H46N2O6. The molecule has 2 bridgehead atoms. The molecule has 3 fully saturated rings. The van der Waals surface area contributed by atoms with Crippen LogP contribution >= 0.6 is 0 Å². The van der Waals surface area contributed by atoms with Crippen LogP contribution in [0, 0.1) is 31.6 Å². The van der Waals surface area contributed by atoms with E-state index < -0.39 is 41.1 Å². The van der Waals surface area contributed by atoms with Crippen LogP contribution in [0.3, 0.4) is 0 Å². The topological polar surface area (TPSA) is 96.4 Å². The summed E-state index contributed by atoms with van der Waals surface area (Å²) in [6.07, 6.45) is 6.35. The van der Waals surface area contributed by atoms with Gasteiger partial charge in [-0.3, -0.25) is 14.4 Å². The quantitative estimate of drug-likeness (QED) is 0.215. The molecule has 4 rings (SSSR count). The number of likely N-dealkylation sites (tertiary alicyclic amines) is 1. The van der Waals surface area contributed by atoms with E-state index in [2.05, 4.69) is 13.2 Å². The smallest absolute Gasteiger partial charge is 0.312 e. The highest BCUT2D eigenvalue weighted by molar-refractivity contribution is 6.05. The number of ether oxygens (including phenoxy) is 2. The molecule has 0 aliphatic carbocycles. The molecule has 0 radical (unpaired) electrons. The number of hydrogen-bond acceptors (Lipinski definition) is 6. The Kier molecular flexibility index (Phi) is 9.14. The van der Waals surface area contributed by atoms with Gasteiger partial charge in [0.15, 0.2) is 0 Å². The van der Waals surface area contributed by atoms with Crippen LogP contribution in [0.4, 0.5) is 5.69 Å². The number of allylic oxidation sites excluding steroid dienone is 1. The molecule has 6 atom stereocenters. The Hall–Kier alpha value is -2.97. The molecule has 1 N–H and O–H groups in total. The molecule has 0 saturated carbocycles. The zero-order valence-electron chi connectivity index (χ0n) is 25.2. The number of anilines is 1. The lowest BCUT2D eigenvalue weighted by Crippen LogP contribution is -2.60. The van der Waals surface area contributed by atoms with Crippen LogP contribution in [0.5, 0.6) is 0 Å². The first-order chi connectivity index (χ1) is 19.5. The predicted molar refractivity (Wildman–Crippen MR) is 158 cm³/mol. The molecule has 1 spiro atoms. The maximum Gasteiger partial charge on any atom is 0.312 e. The predicted octanol–water partition coefficient (Wildman–Crippen LogP) is 4.50. The second-order valence-electron chi connectivity index (χ2n) is 12.2. The number of hydrogen-bond donors (Lipinski definition) is 1. The Bertz CT molecular complexity index is 1200. The molecule has 0 aromatic heterocycles. The molecule has 8 nitrogen and oxygen atoms in total. The summed E-state index contributed by atoms with van der Waals surface area (Å²) in [4.78, 5) is 46.2. The minimum Gasteiger partial charge on any atom is -0.465 e. The van der Waals surface area contributed by atoms with Gasteiger partial charge in [0.1, 0.15) is 17.6 Å². The summed E-state index contributed by atoms with van der Waals surface area (Å²) in [5.74, 6) is -2.89. The van der Waals surface area contributed by atoms with E-state index >= 15 is 0 Å². The summed E-state index contributed by atoms with van der Waals surface area (Å²) in [5.41, 5.74) is 0.578. The van der Waals surface area contributed by atoms with Crippen LogP contribution in [-0.4, -0.2) is 70.8 Å². The highest BCUT2D eigenvalue weighted by Gasteiger charge is 2.79. The van der Waals surface area contributed by atoms with E-state index in [1.54, 1.807) is 22.0 Å². The maximum absolute atomic E-state index is 14.8. The highest BCUT2D eigenvalue weighted by atomic mass is 16.6. The number of fused-ring (bicyclic) bond motifs is 1. The third-order valence-corrected chi connectivity index (χ3v) is 9.45. The standard InChI is InChI=1S/C33H46N2O6/c1-8-11-12-18-40-31(39)27-26-29(37)35(25(20-36)21(4)5)28(33(26)16-15-32(27,10-3)41-33)30(38)34(17-9-2)24-19-22(6)13-14-23(24)7/h8-9,13-14,19,21,25-28,36H,1-2,10-12,15-18,20H2,3-7H3/t25-,26-,27-,28?,32+,33?/m0/s1. The molecule has 8 heteroatoms. The van der Waals surface area contributed by atoms with Crippen LogP contribution in [0.25, 0.3) is 0 Å². The van der Waals surface area contributed by atoms with Gasteiger partial charge >= 0.3 is 5.97 Å². The fraction of sp³-hybridized carbons (Fsp3) is 0.606. The number of rotatable bonds is 13. The van der Waals surface area contributed by atoms with Crippen LogP contribution in [-0.2, 0) is 23.9 Å². The van der Waals surface area contributed by atoms with E-state index in [-0.39, 0.29) is 37.5 Å². The molecule has 2 unspecified atom stereocenters. The first kappa shape index (κ1) is 31.0. The number of esters is 1. The number of aliphatic hydroxyl groups is 1. The Morgan fingerprint density at radius 2 is 1.98 bits per heavy atom. The van der Waals surface area contributed by atoms with Gasteiger partial charge in [0.25, 0.3) is 5.91 Å². The molecule has 3 saturated heterocycles. The van der Waals surface area contributed by atoms with Gasteiger partial charge < -0.3 is 24.4 Å². The molecule has 3 aliphatic heterocycles. The van der Waals surface area contributed by atoms with E-state index in [4.69, 9.17) is 9.47 Å². The number of benzene rings is 1. The first-order valence-corrected chi connectivity index (χ1v) is 14.9. The van der Waals surface area contributed by atoms with Gasteiger partial charge in [0, 0.05) is 12.2 Å². The average Bonchev–Trinajstić information content (AvgIpc) is 3.55. The lowest BCUT2D eigenvalue weighted by Gasteiger charge is -2.41. The number of carbonyl (C=O) groups is 3. The average molecular weight is 567 g/mol. The Morgan fingerprint density at radius 3 is 2.59 bits per heavy atom. The van der Waals surface area contributed by atoms with E-state index in [1.807, 2.05) is 52.8 Å². The molecular weight excluding hydrogens is 520 g/mol. The normalized spacial score (nSPS) is 29.0. The summed E-state index contributed by atoms with van der Waals surface area (Å²) < 4.78 is 12.6. The minimum absolute atomic E-state index is 0.135. The number of aryl methyl sites for hydroxylation is 2. The first-order valence-electron chi connectivity index (χ1n) is 14.9. The number of amides is 2. The summed E-state index contributed by atoms with van der Waals surface area (Å²) in [6.45, 7) is 17.5. The van der Waals surface area contributed by atoms with Crippen LogP contribution in [0.15, 0.2) is 43.5 Å².